The number of carbonyl (C=O) groups excluding carboxylic acids is 2. The molecule has 0 atom stereocenters. The number of ketones is 1. The Morgan fingerprint density at radius 2 is 1.84 bits per heavy atom. The highest BCUT2D eigenvalue weighted by atomic mass is 16.1. The third kappa shape index (κ3) is 1.95. The van der Waals surface area contributed by atoms with E-state index in [2.05, 4.69) is 0 Å². The number of rotatable bonds is 2. The normalized spacial score (nSPS) is 14.2. The predicted molar refractivity (Wildman–Crippen MR) is 71.6 cm³/mol. The van der Waals surface area contributed by atoms with Gasteiger partial charge < -0.3 is 10.3 Å². The highest BCUT2D eigenvalue weighted by Gasteiger charge is 2.20. The van der Waals surface area contributed by atoms with E-state index < -0.39 is 5.91 Å². The number of fused-ring (bicyclic) bond motifs is 1. The van der Waals surface area contributed by atoms with Gasteiger partial charge in [0.15, 0.2) is 5.78 Å². The first-order valence-electron chi connectivity index (χ1n) is 6.30. The quantitative estimate of drug-likeness (QED) is 0.891. The Balaban J connectivity index is 2.03. The van der Waals surface area contributed by atoms with Crippen LogP contribution in [0.25, 0.3) is 5.69 Å². The molecule has 1 aliphatic carbocycles. The summed E-state index contributed by atoms with van der Waals surface area (Å²) in [5.74, 6) is -0.218. The third-order valence-corrected chi connectivity index (χ3v) is 3.54. The maximum Gasteiger partial charge on any atom is 0.248 e. The first kappa shape index (κ1) is 11.7. The topological polar surface area (TPSA) is 65.1 Å². The van der Waals surface area contributed by atoms with Crippen molar-refractivity contribution in [2.75, 3.05) is 0 Å². The standard InChI is InChI=1S/C15H14N2O2/c16-15(19)10-4-6-11(7-5-10)17-9-8-12-13(17)2-1-3-14(12)18/h4-9H,1-3H2,(H2,16,19). The molecule has 0 radical (unpaired) electrons. The lowest BCUT2D eigenvalue weighted by molar-refractivity contribution is 0.0970. The molecule has 0 saturated carbocycles. The molecule has 4 nitrogen and oxygen atoms in total. The molecule has 0 aliphatic heterocycles. The van der Waals surface area contributed by atoms with Gasteiger partial charge in [-0.05, 0) is 43.2 Å². The van der Waals surface area contributed by atoms with E-state index >= 15 is 0 Å². The summed E-state index contributed by atoms with van der Waals surface area (Å²) in [6, 6.07) is 8.97. The Kier molecular flexibility index (Phi) is 2.71. The van der Waals surface area contributed by atoms with Crippen LogP contribution in [-0.4, -0.2) is 16.3 Å². The number of Topliss-reactive ketones (excluding diaryl/α,β-unsaturated/α-hetero) is 1. The van der Waals surface area contributed by atoms with Gasteiger partial charge in [-0.25, -0.2) is 0 Å². The van der Waals surface area contributed by atoms with E-state index in [1.54, 1.807) is 12.1 Å². The Bertz CT molecular complexity index is 653. The van der Waals surface area contributed by atoms with Crippen LogP contribution in [0.1, 0.15) is 39.3 Å². The van der Waals surface area contributed by atoms with E-state index in [-0.39, 0.29) is 5.78 Å². The van der Waals surface area contributed by atoms with Crippen LogP contribution in [0.2, 0.25) is 0 Å². The van der Waals surface area contributed by atoms with Crippen LogP contribution in [0.5, 0.6) is 0 Å². The minimum Gasteiger partial charge on any atom is -0.366 e. The van der Waals surface area contributed by atoms with Gasteiger partial charge in [0.25, 0.3) is 0 Å². The summed E-state index contributed by atoms with van der Waals surface area (Å²) in [6.45, 7) is 0. The molecule has 3 rings (SSSR count). The van der Waals surface area contributed by atoms with Gasteiger partial charge in [0, 0.05) is 35.1 Å². The van der Waals surface area contributed by atoms with Crippen LogP contribution < -0.4 is 5.73 Å². The zero-order valence-corrected chi connectivity index (χ0v) is 10.4. The summed E-state index contributed by atoms with van der Waals surface area (Å²) >= 11 is 0. The van der Waals surface area contributed by atoms with E-state index in [9.17, 15) is 9.59 Å². The van der Waals surface area contributed by atoms with Crippen molar-refractivity contribution in [2.45, 2.75) is 19.3 Å². The molecule has 1 aromatic heterocycles. The molecule has 0 fully saturated rings. The summed E-state index contributed by atoms with van der Waals surface area (Å²) in [7, 11) is 0. The minimum atomic E-state index is -0.434. The molecule has 2 aromatic rings. The van der Waals surface area contributed by atoms with E-state index in [0.29, 0.717) is 12.0 Å². The zero-order valence-electron chi connectivity index (χ0n) is 10.4. The minimum absolute atomic E-state index is 0.216. The van der Waals surface area contributed by atoms with Crippen molar-refractivity contribution in [2.24, 2.45) is 5.73 Å². The number of primary amides is 1. The van der Waals surface area contributed by atoms with Gasteiger partial charge in [-0.2, -0.15) is 0 Å². The van der Waals surface area contributed by atoms with Crippen LogP contribution in [0.4, 0.5) is 0 Å². The first-order valence-corrected chi connectivity index (χ1v) is 6.30. The fourth-order valence-corrected chi connectivity index (χ4v) is 2.55. The van der Waals surface area contributed by atoms with Crippen LogP contribution in [0.3, 0.4) is 0 Å². The molecule has 96 valence electrons. The zero-order chi connectivity index (χ0) is 13.4. The van der Waals surface area contributed by atoms with Gasteiger partial charge in [-0.1, -0.05) is 0 Å². The lowest BCUT2D eigenvalue weighted by atomic mass is 9.97. The number of hydrogen-bond acceptors (Lipinski definition) is 2. The van der Waals surface area contributed by atoms with Crippen molar-refractivity contribution < 1.29 is 9.59 Å². The largest absolute Gasteiger partial charge is 0.366 e. The van der Waals surface area contributed by atoms with Gasteiger partial charge in [0.1, 0.15) is 0 Å². The van der Waals surface area contributed by atoms with Crippen LogP contribution >= 0.6 is 0 Å². The maximum absolute atomic E-state index is 11.8. The lowest BCUT2D eigenvalue weighted by Gasteiger charge is -2.15. The number of nitrogens with zero attached hydrogens (tertiary/aromatic N) is 1. The summed E-state index contributed by atoms with van der Waals surface area (Å²) in [5, 5.41) is 0. The Labute approximate surface area is 110 Å². The lowest BCUT2D eigenvalue weighted by Crippen LogP contribution is -2.13. The summed E-state index contributed by atoms with van der Waals surface area (Å²) < 4.78 is 2.01. The summed E-state index contributed by atoms with van der Waals surface area (Å²) in [6.07, 6.45) is 4.35. The van der Waals surface area contributed by atoms with Crippen molar-refractivity contribution in [1.29, 1.82) is 0 Å². The van der Waals surface area contributed by atoms with Gasteiger partial charge in [-0.15, -0.1) is 0 Å². The summed E-state index contributed by atoms with van der Waals surface area (Å²) in [5.41, 5.74) is 8.54. The van der Waals surface area contributed by atoms with Crippen molar-refractivity contribution in [1.82, 2.24) is 4.57 Å². The number of amides is 1. The molecule has 0 spiro atoms. The molecular formula is C15H14N2O2. The molecule has 19 heavy (non-hydrogen) atoms. The highest BCUT2D eigenvalue weighted by Crippen LogP contribution is 2.25. The molecule has 1 heterocycles. The van der Waals surface area contributed by atoms with E-state index in [1.807, 2.05) is 29.0 Å². The molecule has 0 bridgehead atoms. The Morgan fingerprint density at radius 3 is 2.53 bits per heavy atom. The number of nitrogens with two attached hydrogens (primary N) is 1. The number of hydrogen-bond donors (Lipinski definition) is 1. The van der Waals surface area contributed by atoms with Crippen LogP contribution in [0, 0.1) is 0 Å². The monoisotopic (exact) mass is 254 g/mol. The first-order chi connectivity index (χ1) is 9.16. The fraction of sp³-hybridized carbons (Fsp3) is 0.200. The predicted octanol–water partition coefficient (Wildman–Crippen LogP) is 2.10. The Morgan fingerprint density at radius 1 is 1.11 bits per heavy atom. The second kappa shape index (κ2) is 4.39. The van der Waals surface area contributed by atoms with Gasteiger partial charge in [0.2, 0.25) is 5.91 Å². The average molecular weight is 254 g/mol. The van der Waals surface area contributed by atoms with E-state index in [4.69, 9.17) is 5.73 Å². The fourth-order valence-electron chi connectivity index (χ4n) is 2.55. The maximum atomic E-state index is 11.8. The van der Waals surface area contributed by atoms with Crippen LogP contribution in [-0.2, 0) is 6.42 Å². The molecular weight excluding hydrogens is 240 g/mol. The van der Waals surface area contributed by atoms with Crippen molar-refractivity contribution >= 4 is 11.7 Å². The molecule has 1 aliphatic rings. The van der Waals surface area contributed by atoms with E-state index in [0.717, 1.165) is 29.8 Å². The Hall–Kier alpha value is -2.36. The summed E-state index contributed by atoms with van der Waals surface area (Å²) in [4.78, 5) is 22.8. The van der Waals surface area contributed by atoms with Gasteiger partial charge in [0.05, 0.1) is 0 Å². The highest BCUT2D eigenvalue weighted by molar-refractivity contribution is 5.98. The average Bonchev–Trinajstić information content (AvgIpc) is 2.84. The smallest absolute Gasteiger partial charge is 0.248 e. The second-order valence-corrected chi connectivity index (χ2v) is 4.73. The number of carbonyl (C=O) groups is 2. The second-order valence-electron chi connectivity index (χ2n) is 4.73. The molecule has 2 N–H and O–H groups in total. The SMILES string of the molecule is NC(=O)c1ccc(-n2ccc3c2CCCC3=O)cc1. The van der Waals surface area contributed by atoms with Crippen molar-refractivity contribution in [3.63, 3.8) is 0 Å². The molecule has 0 saturated heterocycles. The van der Waals surface area contributed by atoms with Gasteiger partial charge >= 0.3 is 0 Å². The van der Waals surface area contributed by atoms with E-state index in [1.165, 1.54) is 0 Å². The molecule has 1 amide bonds. The van der Waals surface area contributed by atoms with Crippen molar-refractivity contribution in [3.8, 4) is 5.69 Å². The number of aromatic nitrogens is 1. The third-order valence-electron chi connectivity index (χ3n) is 3.54. The molecule has 0 unspecified atom stereocenters. The number of benzene rings is 1. The van der Waals surface area contributed by atoms with Gasteiger partial charge in [-0.3, -0.25) is 9.59 Å². The van der Waals surface area contributed by atoms with Crippen LogP contribution in [0.15, 0.2) is 36.5 Å². The van der Waals surface area contributed by atoms with Crippen molar-refractivity contribution in [3.05, 3.63) is 53.3 Å². The molecule has 4 heteroatoms. The molecule has 1 aromatic carbocycles.